The highest BCUT2D eigenvalue weighted by molar-refractivity contribution is 5.97. The number of nitrogens with one attached hydrogen (secondary N) is 4. The Hall–Kier alpha value is -3.22. The smallest absolute Gasteiger partial charge is 0.401 e. The number of hydrogen-bond acceptors (Lipinski definition) is 7. The largest absolute Gasteiger partial charge is 0.490 e. The van der Waals surface area contributed by atoms with E-state index in [-0.39, 0.29) is 48.9 Å². The Morgan fingerprint density at radius 2 is 1.94 bits per heavy atom. The number of aryl methyl sites for hydroxylation is 1. The van der Waals surface area contributed by atoms with Crippen LogP contribution >= 0.6 is 0 Å². The van der Waals surface area contributed by atoms with Gasteiger partial charge in [-0.3, -0.25) is 24.5 Å². The van der Waals surface area contributed by atoms with Gasteiger partial charge in [0.15, 0.2) is 11.7 Å². The summed E-state index contributed by atoms with van der Waals surface area (Å²) in [6, 6.07) is 1.55. The van der Waals surface area contributed by atoms with Gasteiger partial charge in [-0.2, -0.15) is 13.2 Å². The average Bonchev–Trinajstić information content (AvgIpc) is 3.02. The zero-order chi connectivity index (χ0) is 24.1. The number of hydrogen-bond donors (Lipinski definition) is 4. The number of methoxy groups -OCH3 is 1. The molecule has 1 aromatic heterocycles. The van der Waals surface area contributed by atoms with Crippen LogP contribution in [0.4, 0.5) is 18.9 Å². The molecule has 1 saturated heterocycles. The first-order chi connectivity index (χ1) is 15.5. The SMILES string of the molecule is COC1=C(Nc2cc(C)c3n(c2=O)C2(CCN(CC(F)(F)F)CC2)NC3=O)NCN(C)C1=N. The number of piperidine rings is 1. The third kappa shape index (κ3) is 4.01. The van der Waals surface area contributed by atoms with Crippen LogP contribution in [0, 0.1) is 12.3 Å². The molecule has 0 aromatic carbocycles. The van der Waals surface area contributed by atoms with E-state index in [4.69, 9.17) is 10.1 Å². The van der Waals surface area contributed by atoms with Gasteiger partial charge in [0, 0.05) is 33.0 Å². The second-order valence-corrected chi connectivity index (χ2v) is 8.52. The third-order valence-corrected chi connectivity index (χ3v) is 6.25. The number of aromatic nitrogens is 1. The van der Waals surface area contributed by atoms with Gasteiger partial charge in [0.25, 0.3) is 11.5 Å². The number of carbonyl (C=O) groups is 1. The minimum atomic E-state index is -4.31. The summed E-state index contributed by atoms with van der Waals surface area (Å²) in [6.45, 7) is 1.17. The molecule has 180 valence electrons. The first-order valence-electron chi connectivity index (χ1n) is 10.4. The lowest BCUT2D eigenvalue weighted by Crippen LogP contribution is -2.55. The van der Waals surface area contributed by atoms with Crippen LogP contribution in [-0.4, -0.2) is 72.7 Å². The second kappa shape index (κ2) is 7.97. The Kier molecular flexibility index (Phi) is 5.55. The van der Waals surface area contributed by atoms with Gasteiger partial charge in [0.1, 0.15) is 17.0 Å². The highest BCUT2D eigenvalue weighted by Crippen LogP contribution is 2.35. The van der Waals surface area contributed by atoms with Crippen LogP contribution in [0.25, 0.3) is 0 Å². The fourth-order valence-electron chi connectivity index (χ4n) is 4.62. The number of nitrogens with zero attached hydrogens (tertiary/aromatic N) is 3. The molecule has 0 bridgehead atoms. The van der Waals surface area contributed by atoms with E-state index in [1.54, 1.807) is 24.9 Å². The van der Waals surface area contributed by atoms with Crippen molar-refractivity contribution in [2.75, 3.05) is 45.8 Å². The molecule has 0 atom stereocenters. The fraction of sp³-hybridized carbons (Fsp3) is 0.550. The van der Waals surface area contributed by atoms with E-state index >= 15 is 0 Å². The number of amides is 1. The molecule has 3 aliphatic rings. The van der Waals surface area contributed by atoms with Crippen molar-refractivity contribution in [1.82, 2.24) is 25.0 Å². The number of halogens is 3. The van der Waals surface area contributed by atoms with E-state index in [2.05, 4.69) is 16.0 Å². The van der Waals surface area contributed by atoms with Crippen molar-refractivity contribution < 1.29 is 22.7 Å². The number of pyridine rings is 1. The number of ether oxygens (including phenoxy) is 1. The molecule has 0 saturated carbocycles. The van der Waals surface area contributed by atoms with Crippen LogP contribution in [-0.2, 0) is 10.4 Å². The van der Waals surface area contributed by atoms with Gasteiger partial charge in [0.2, 0.25) is 5.76 Å². The second-order valence-electron chi connectivity index (χ2n) is 8.52. The number of carbonyl (C=O) groups excluding carboxylic acids is 1. The molecule has 10 nitrogen and oxygen atoms in total. The molecule has 13 heteroatoms. The van der Waals surface area contributed by atoms with Crippen molar-refractivity contribution in [2.24, 2.45) is 0 Å². The number of rotatable bonds is 4. The van der Waals surface area contributed by atoms with E-state index in [1.807, 2.05) is 0 Å². The van der Waals surface area contributed by atoms with Crippen molar-refractivity contribution in [2.45, 2.75) is 31.6 Å². The van der Waals surface area contributed by atoms with Gasteiger partial charge >= 0.3 is 6.18 Å². The number of likely N-dealkylation sites (N-methyl/N-ethyl adjacent to an activating group) is 1. The van der Waals surface area contributed by atoms with Crippen molar-refractivity contribution in [3.63, 3.8) is 0 Å². The van der Waals surface area contributed by atoms with Crippen molar-refractivity contribution in [3.05, 3.63) is 39.3 Å². The molecule has 1 spiro atoms. The summed E-state index contributed by atoms with van der Waals surface area (Å²) in [5, 5.41) is 17.1. The summed E-state index contributed by atoms with van der Waals surface area (Å²) in [5.74, 6) is 0.262. The predicted molar refractivity (Wildman–Crippen MR) is 114 cm³/mol. The van der Waals surface area contributed by atoms with Gasteiger partial charge in [-0.25, -0.2) is 0 Å². The predicted octanol–water partition coefficient (Wildman–Crippen LogP) is 0.908. The van der Waals surface area contributed by atoms with E-state index in [0.717, 1.165) is 0 Å². The molecule has 1 aromatic rings. The van der Waals surface area contributed by atoms with E-state index in [9.17, 15) is 22.8 Å². The average molecular weight is 469 g/mol. The monoisotopic (exact) mass is 469 g/mol. The van der Waals surface area contributed by atoms with E-state index in [1.165, 1.54) is 16.6 Å². The molecule has 0 aliphatic carbocycles. The van der Waals surface area contributed by atoms with Gasteiger partial charge in [-0.15, -0.1) is 0 Å². The van der Waals surface area contributed by atoms with Gasteiger partial charge < -0.3 is 25.6 Å². The minimum Gasteiger partial charge on any atom is -0.490 e. The van der Waals surface area contributed by atoms with E-state index in [0.29, 0.717) is 18.1 Å². The Balaban J connectivity index is 1.70. The van der Waals surface area contributed by atoms with Gasteiger partial charge in [0.05, 0.1) is 20.3 Å². The lowest BCUT2D eigenvalue weighted by Gasteiger charge is -2.40. The zero-order valence-corrected chi connectivity index (χ0v) is 18.5. The van der Waals surface area contributed by atoms with E-state index < -0.39 is 29.9 Å². The third-order valence-electron chi connectivity index (χ3n) is 6.25. The first-order valence-corrected chi connectivity index (χ1v) is 10.4. The molecule has 33 heavy (non-hydrogen) atoms. The van der Waals surface area contributed by atoms with Crippen molar-refractivity contribution in [3.8, 4) is 0 Å². The topological polar surface area (TPSA) is 115 Å². The molecule has 1 amide bonds. The van der Waals surface area contributed by atoms with Gasteiger partial charge in [-0.05, 0) is 18.6 Å². The highest BCUT2D eigenvalue weighted by Gasteiger charge is 2.47. The lowest BCUT2D eigenvalue weighted by atomic mass is 9.96. The Morgan fingerprint density at radius 3 is 2.55 bits per heavy atom. The summed E-state index contributed by atoms with van der Waals surface area (Å²) >= 11 is 0. The maximum absolute atomic E-state index is 13.5. The molecule has 1 fully saturated rings. The Morgan fingerprint density at radius 1 is 1.27 bits per heavy atom. The summed E-state index contributed by atoms with van der Waals surface area (Å²) in [4.78, 5) is 29.2. The maximum Gasteiger partial charge on any atom is 0.401 e. The highest BCUT2D eigenvalue weighted by atomic mass is 19.4. The number of alkyl halides is 3. The Bertz CT molecular complexity index is 1090. The molecule has 0 unspecified atom stereocenters. The molecule has 3 aliphatic heterocycles. The normalized spacial score (nSPS) is 20.6. The zero-order valence-electron chi connectivity index (χ0n) is 18.5. The number of amidine groups is 1. The van der Waals surface area contributed by atoms with Crippen molar-refractivity contribution >= 4 is 17.4 Å². The number of anilines is 1. The van der Waals surface area contributed by atoms with Crippen LogP contribution in [0.1, 0.15) is 28.9 Å². The maximum atomic E-state index is 13.5. The number of fused-ring (bicyclic) bond motifs is 2. The van der Waals surface area contributed by atoms with Crippen LogP contribution in [0.2, 0.25) is 0 Å². The summed E-state index contributed by atoms with van der Waals surface area (Å²) in [6.07, 6.45) is -3.97. The molecule has 4 heterocycles. The Labute approximate surface area is 187 Å². The number of likely N-dealkylation sites (tertiary alicyclic amines) is 1. The summed E-state index contributed by atoms with van der Waals surface area (Å²) in [7, 11) is 3.13. The summed E-state index contributed by atoms with van der Waals surface area (Å²) < 4.78 is 45.1. The standard InChI is InChI=1S/C20H26F3N7O3/c1-11-8-12(26-16-14(33-3)15(24)28(2)10-25-16)18(32)30-13(11)17(31)27-19(30)4-6-29(7-5-19)9-20(21,22)23/h8,24-26H,4-7,9-10H2,1-3H3,(H,27,31). The van der Waals surface area contributed by atoms with Gasteiger partial charge in [-0.1, -0.05) is 0 Å². The molecular weight excluding hydrogens is 443 g/mol. The van der Waals surface area contributed by atoms with Crippen LogP contribution in [0.15, 0.2) is 22.4 Å². The molecule has 0 radical (unpaired) electrons. The quantitative estimate of drug-likeness (QED) is 0.518. The fourth-order valence-corrected chi connectivity index (χ4v) is 4.62. The lowest BCUT2D eigenvalue weighted by molar-refractivity contribution is -0.150. The van der Waals surface area contributed by atoms with Crippen LogP contribution < -0.4 is 21.5 Å². The van der Waals surface area contributed by atoms with Crippen LogP contribution in [0.5, 0.6) is 0 Å². The molecule has 4 rings (SSSR count). The first kappa shape index (κ1) is 23.0. The van der Waals surface area contributed by atoms with Crippen LogP contribution in [0.3, 0.4) is 0 Å². The molecular formula is C20H26F3N7O3. The van der Waals surface area contributed by atoms with Crippen molar-refractivity contribution in [1.29, 1.82) is 5.41 Å². The summed E-state index contributed by atoms with van der Waals surface area (Å²) in [5.41, 5.74) is -0.640. The minimum absolute atomic E-state index is 0.0897. The molecule has 4 N–H and O–H groups in total.